The van der Waals surface area contributed by atoms with Gasteiger partial charge < -0.3 is 4.74 Å². The van der Waals surface area contributed by atoms with Gasteiger partial charge in [0.25, 0.3) is 5.69 Å². The zero-order valence-electron chi connectivity index (χ0n) is 13.7. The molecule has 0 amide bonds. The van der Waals surface area contributed by atoms with Gasteiger partial charge in [0, 0.05) is 24.1 Å². The van der Waals surface area contributed by atoms with E-state index in [4.69, 9.17) is 16.3 Å². The lowest BCUT2D eigenvalue weighted by Crippen LogP contribution is -2.10. The number of hydrogen-bond donors (Lipinski definition) is 0. The maximum atomic E-state index is 11.2. The summed E-state index contributed by atoms with van der Waals surface area (Å²) in [5.74, 6) is -0.116. The first-order valence-corrected chi connectivity index (χ1v) is 8.34. The predicted octanol–water partition coefficient (Wildman–Crippen LogP) is 4.88. The van der Waals surface area contributed by atoms with Crippen molar-refractivity contribution in [3.8, 4) is 0 Å². The molecule has 5 nitrogen and oxygen atoms in total. The minimum absolute atomic E-state index is 0.0880. The maximum Gasteiger partial charge on any atom is 0.288 e. The van der Waals surface area contributed by atoms with Gasteiger partial charge in [0.1, 0.15) is 5.02 Å². The fourth-order valence-corrected chi connectivity index (χ4v) is 3.13. The molecule has 0 aromatic heterocycles. The van der Waals surface area contributed by atoms with Crippen LogP contribution in [-0.2, 0) is 11.2 Å². The molecule has 0 aliphatic heterocycles. The standard InChI is InChI=1S/C19H17ClN2O3/c1-2-25-12-21-15-9-13-5-3-4-6-16(13)17(11-15)14-7-8-18(20)19(10-14)22(23)24/h3-8,10-12,17H,2,9H2,1H3. The Bertz CT molecular complexity index is 861. The SMILES string of the molecule is CCOC=NC1=CC(c2ccc(Cl)c([N+](=O)[O-])c2)c2ccccc2C1. The highest BCUT2D eigenvalue weighted by Gasteiger charge is 2.24. The Morgan fingerprint density at radius 2 is 2.16 bits per heavy atom. The van der Waals surface area contributed by atoms with Crippen molar-refractivity contribution >= 4 is 23.7 Å². The van der Waals surface area contributed by atoms with Crippen LogP contribution in [0.1, 0.15) is 29.5 Å². The Balaban J connectivity index is 2.06. The molecule has 128 valence electrons. The summed E-state index contributed by atoms with van der Waals surface area (Å²) in [7, 11) is 0. The minimum atomic E-state index is -0.460. The summed E-state index contributed by atoms with van der Waals surface area (Å²) in [5.41, 5.74) is 3.86. The molecule has 0 N–H and O–H groups in total. The Hall–Kier alpha value is -2.66. The first-order chi connectivity index (χ1) is 12.1. The molecule has 1 aliphatic carbocycles. The second-order valence-electron chi connectivity index (χ2n) is 5.67. The minimum Gasteiger partial charge on any atom is -0.483 e. The third-order valence-corrected chi connectivity index (χ3v) is 4.43. The number of hydrogen-bond acceptors (Lipinski definition) is 4. The van der Waals surface area contributed by atoms with Gasteiger partial charge in [0.05, 0.1) is 11.5 Å². The molecule has 25 heavy (non-hydrogen) atoms. The third kappa shape index (κ3) is 3.72. The van der Waals surface area contributed by atoms with Crippen molar-refractivity contribution in [1.29, 1.82) is 0 Å². The van der Waals surface area contributed by atoms with E-state index in [9.17, 15) is 10.1 Å². The fraction of sp³-hybridized carbons (Fsp3) is 0.211. The first kappa shape index (κ1) is 17.2. The normalized spacial score (nSPS) is 16.4. The van der Waals surface area contributed by atoms with E-state index >= 15 is 0 Å². The Morgan fingerprint density at radius 3 is 2.92 bits per heavy atom. The molecule has 0 heterocycles. The highest BCUT2D eigenvalue weighted by molar-refractivity contribution is 6.32. The van der Waals surface area contributed by atoms with Gasteiger partial charge >= 0.3 is 0 Å². The van der Waals surface area contributed by atoms with Gasteiger partial charge in [-0.25, -0.2) is 4.99 Å². The van der Waals surface area contributed by atoms with E-state index in [0.717, 1.165) is 22.4 Å². The van der Waals surface area contributed by atoms with Gasteiger partial charge in [-0.3, -0.25) is 10.1 Å². The first-order valence-electron chi connectivity index (χ1n) is 7.96. The Kier molecular flexibility index (Phi) is 5.14. The third-order valence-electron chi connectivity index (χ3n) is 4.11. The number of fused-ring (bicyclic) bond motifs is 1. The molecule has 6 heteroatoms. The van der Waals surface area contributed by atoms with E-state index in [2.05, 4.69) is 11.1 Å². The van der Waals surface area contributed by atoms with Crippen molar-refractivity contribution in [2.45, 2.75) is 19.3 Å². The van der Waals surface area contributed by atoms with E-state index in [0.29, 0.717) is 13.0 Å². The highest BCUT2D eigenvalue weighted by Crippen LogP contribution is 2.38. The van der Waals surface area contributed by atoms with Crippen LogP contribution < -0.4 is 0 Å². The van der Waals surface area contributed by atoms with Crippen molar-refractivity contribution in [2.24, 2.45) is 4.99 Å². The van der Waals surface area contributed by atoms with Gasteiger partial charge in [0.2, 0.25) is 0 Å². The van der Waals surface area contributed by atoms with Crippen LogP contribution in [0.15, 0.2) is 59.2 Å². The topological polar surface area (TPSA) is 64.7 Å². The molecule has 2 aromatic carbocycles. The van der Waals surface area contributed by atoms with Crippen LogP contribution in [0.5, 0.6) is 0 Å². The van der Waals surface area contributed by atoms with Crippen molar-refractivity contribution in [3.05, 3.63) is 86.1 Å². The van der Waals surface area contributed by atoms with Crippen LogP contribution in [0.3, 0.4) is 0 Å². The monoisotopic (exact) mass is 356 g/mol. The molecule has 2 aromatic rings. The molecule has 0 saturated carbocycles. The second-order valence-corrected chi connectivity index (χ2v) is 6.08. The summed E-state index contributed by atoms with van der Waals surface area (Å²) in [4.78, 5) is 15.1. The van der Waals surface area contributed by atoms with Gasteiger partial charge in [-0.15, -0.1) is 0 Å². The van der Waals surface area contributed by atoms with E-state index < -0.39 is 4.92 Å². The molecular weight excluding hydrogens is 340 g/mol. The van der Waals surface area contributed by atoms with E-state index in [1.165, 1.54) is 12.5 Å². The number of ether oxygens (including phenoxy) is 1. The molecule has 0 spiro atoms. The zero-order chi connectivity index (χ0) is 17.8. The van der Waals surface area contributed by atoms with Crippen LogP contribution in [0, 0.1) is 10.1 Å². The maximum absolute atomic E-state index is 11.2. The summed E-state index contributed by atoms with van der Waals surface area (Å²) >= 11 is 5.95. The molecule has 1 aliphatic rings. The number of nitro groups is 1. The summed E-state index contributed by atoms with van der Waals surface area (Å²) in [5, 5.41) is 11.3. The molecular formula is C19H17ClN2O3. The van der Waals surface area contributed by atoms with Crippen molar-refractivity contribution in [1.82, 2.24) is 0 Å². The summed E-state index contributed by atoms with van der Waals surface area (Å²) in [6, 6.07) is 13.0. The van der Waals surface area contributed by atoms with Crippen molar-refractivity contribution in [2.75, 3.05) is 6.61 Å². The Labute approximate surface area is 150 Å². The Morgan fingerprint density at radius 1 is 1.36 bits per heavy atom. The number of rotatable bonds is 5. The van der Waals surface area contributed by atoms with E-state index in [-0.39, 0.29) is 16.6 Å². The molecule has 0 fully saturated rings. The number of nitrogens with zero attached hydrogens (tertiary/aromatic N) is 2. The van der Waals surface area contributed by atoms with Gasteiger partial charge in [-0.2, -0.15) is 0 Å². The van der Waals surface area contributed by atoms with Gasteiger partial charge in [-0.1, -0.05) is 48.0 Å². The smallest absolute Gasteiger partial charge is 0.288 e. The molecule has 1 unspecified atom stereocenters. The van der Waals surface area contributed by atoms with E-state index in [1.54, 1.807) is 6.07 Å². The van der Waals surface area contributed by atoms with Crippen LogP contribution in [0.2, 0.25) is 5.02 Å². The molecule has 3 rings (SSSR count). The number of halogens is 1. The van der Waals surface area contributed by atoms with Gasteiger partial charge in [0.15, 0.2) is 6.40 Å². The number of aliphatic imine (C=N–C) groups is 1. The molecule has 0 saturated heterocycles. The number of nitro benzene ring substituents is 1. The van der Waals surface area contributed by atoms with Gasteiger partial charge in [-0.05, 0) is 29.7 Å². The van der Waals surface area contributed by atoms with Crippen LogP contribution >= 0.6 is 11.6 Å². The summed E-state index contributed by atoms with van der Waals surface area (Å²) in [6.07, 6.45) is 4.16. The molecule has 0 bridgehead atoms. The summed E-state index contributed by atoms with van der Waals surface area (Å²) < 4.78 is 5.19. The zero-order valence-corrected chi connectivity index (χ0v) is 14.4. The van der Waals surface area contributed by atoms with Crippen molar-refractivity contribution in [3.63, 3.8) is 0 Å². The lowest BCUT2D eigenvalue weighted by atomic mass is 9.82. The quantitative estimate of drug-likeness (QED) is 0.332. The van der Waals surface area contributed by atoms with E-state index in [1.807, 2.05) is 37.3 Å². The molecule has 1 atom stereocenters. The second kappa shape index (κ2) is 7.49. The molecule has 0 radical (unpaired) electrons. The number of benzene rings is 2. The predicted molar refractivity (Wildman–Crippen MR) is 98.3 cm³/mol. The van der Waals surface area contributed by atoms with Crippen LogP contribution in [0.4, 0.5) is 5.69 Å². The summed E-state index contributed by atoms with van der Waals surface area (Å²) in [6.45, 7) is 2.45. The highest BCUT2D eigenvalue weighted by atomic mass is 35.5. The van der Waals surface area contributed by atoms with Crippen molar-refractivity contribution < 1.29 is 9.66 Å². The van der Waals surface area contributed by atoms with Crippen LogP contribution in [-0.4, -0.2) is 17.9 Å². The number of allylic oxidation sites excluding steroid dienone is 2. The largest absolute Gasteiger partial charge is 0.483 e. The average Bonchev–Trinajstić information content (AvgIpc) is 2.61. The lowest BCUT2D eigenvalue weighted by molar-refractivity contribution is -0.384. The average molecular weight is 357 g/mol. The van der Waals surface area contributed by atoms with Crippen LogP contribution in [0.25, 0.3) is 0 Å². The fourth-order valence-electron chi connectivity index (χ4n) is 2.94. The lowest BCUT2D eigenvalue weighted by Gasteiger charge is -2.23.